The van der Waals surface area contributed by atoms with Crippen LogP contribution in [0.15, 0.2) is 23.1 Å². The number of aryl methyl sites for hydroxylation is 2. The first kappa shape index (κ1) is 14.6. The van der Waals surface area contributed by atoms with Gasteiger partial charge in [0.2, 0.25) is 0 Å². The van der Waals surface area contributed by atoms with Gasteiger partial charge in [0.25, 0.3) is 0 Å². The Hall–Kier alpha value is -0.510. The zero-order valence-electron chi connectivity index (χ0n) is 10.9. The fourth-order valence-electron chi connectivity index (χ4n) is 1.78. The summed E-state index contributed by atoms with van der Waals surface area (Å²) in [6, 6.07) is 6.47. The molecule has 2 unspecified atom stereocenters. The van der Waals surface area contributed by atoms with Crippen molar-refractivity contribution < 1.29 is 5.11 Å². The number of hydrogen-bond donors (Lipinski definition) is 2. The standard InChI is InChI=1S/C14H23NOS/c1-4-5-12(15)14(9-16)17-13-8-10(2)6-7-11(13)3/h6-8,12,14,16H,4-5,9,15H2,1-3H3. The maximum atomic E-state index is 9.44. The molecule has 0 amide bonds. The summed E-state index contributed by atoms with van der Waals surface area (Å²) in [7, 11) is 0. The van der Waals surface area contributed by atoms with Gasteiger partial charge in [-0.25, -0.2) is 0 Å². The molecule has 96 valence electrons. The van der Waals surface area contributed by atoms with Crippen molar-refractivity contribution in [3.05, 3.63) is 29.3 Å². The van der Waals surface area contributed by atoms with Gasteiger partial charge in [0, 0.05) is 16.2 Å². The Morgan fingerprint density at radius 2 is 2.06 bits per heavy atom. The van der Waals surface area contributed by atoms with Gasteiger partial charge in [-0.15, -0.1) is 11.8 Å². The Labute approximate surface area is 109 Å². The quantitative estimate of drug-likeness (QED) is 0.766. The molecule has 0 aromatic heterocycles. The zero-order chi connectivity index (χ0) is 12.8. The Morgan fingerprint density at radius 1 is 1.35 bits per heavy atom. The lowest BCUT2D eigenvalue weighted by Gasteiger charge is -2.22. The minimum absolute atomic E-state index is 0.0647. The van der Waals surface area contributed by atoms with Crippen molar-refractivity contribution >= 4 is 11.8 Å². The molecule has 3 heteroatoms. The minimum Gasteiger partial charge on any atom is -0.395 e. The van der Waals surface area contributed by atoms with Crippen LogP contribution in [0.4, 0.5) is 0 Å². The van der Waals surface area contributed by atoms with Gasteiger partial charge in [0.15, 0.2) is 0 Å². The van der Waals surface area contributed by atoms with Crippen molar-refractivity contribution in [1.82, 2.24) is 0 Å². The van der Waals surface area contributed by atoms with Crippen molar-refractivity contribution in [3.8, 4) is 0 Å². The molecular formula is C14H23NOS. The van der Waals surface area contributed by atoms with E-state index in [1.807, 2.05) is 0 Å². The highest BCUT2D eigenvalue weighted by Gasteiger charge is 2.18. The van der Waals surface area contributed by atoms with Gasteiger partial charge in [-0.05, 0) is 31.9 Å². The predicted molar refractivity (Wildman–Crippen MR) is 75.5 cm³/mol. The number of thioether (sulfide) groups is 1. The summed E-state index contributed by atoms with van der Waals surface area (Å²) < 4.78 is 0. The zero-order valence-corrected chi connectivity index (χ0v) is 11.8. The average Bonchev–Trinajstić information content (AvgIpc) is 2.30. The molecule has 2 nitrogen and oxygen atoms in total. The van der Waals surface area contributed by atoms with Gasteiger partial charge in [-0.1, -0.05) is 31.0 Å². The Morgan fingerprint density at radius 3 is 2.65 bits per heavy atom. The van der Waals surface area contributed by atoms with Crippen LogP contribution in [0.25, 0.3) is 0 Å². The second kappa shape index (κ2) is 7.04. The van der Waals surface area contributed by atoms with Crippen LogP contribution in [-0.4, -0.2) is 23.0 Å². The fraction of sp³-hybridized carbons (Fsp3) is 0.571. The molecule has 0 saturated carbocycles. The van der Waals surface area contributed by atoms with Crippen LogP contribution in [0.2, 0.25) is 0 Å². The van der Waals surface area contributed by atoms with Gasteiger partial charge in [-0.2, -0.15) is 0 Å². The topological polar surface area (TPSA) is 46.2 Å². The summed E-state index contributed by atoms with van der Waals surface area (Å²) in [4.78, 5) is 1.23. The van der Waals surface area contributed by atoms with Crippen LogP contribution < -0.4 is 5.73 Å². The van der Waals surface area contributed by atoms with Crippen LogP contribution in [0.5, 0.6) is 0 Å². The number of aliphatic hydroxyl groups is 1. The van der Waals surface area contributed by atoms with Crippen molar-refractivity contribution in [1.29, 1.82) is 0 Å². The smallest absolute Gasteiger partial charge is 0.0568 e. The highest BCUT2D eigenvalue weighted by atomic mass is 32.2. The normalized spacial score (nSPS) is 14.6. The third-order valence-electron chi connectivity index (χ3n) is 2.90. The van der Waals surface area contributed by atoms with E-state index in [0.717, 1.165) is 12.8 Å². The number of hydrogen-bond acceptors (Lipinski definition) is 3. The van der Waals surface area contributed by atoms with E-state index in [-0.39, 0.29) is 17.9 Å². The van der Waals surface area contributed by atoms with Crippen molar-refractivity contribution in [2.45, 2.75) is 49.8 Å². The highest BCUT2D eigenvalue weighted by Crippen LogP contribution is 2.29. The summed E-state index contributed by atoms with van der Waals surface area (Å²) in [5, 5.41) is 9.54. The third-order valence-corrected chi connectivity index (χ3v) is 4.40. The molecule has 1 aromatic rings. The van der Waals surface area contributed by atoms with E-state index in [4.69, 9.17) is 5.73 Å². The third kappa shape index (κ3) is 4.34. The van der Waals surface area contributed by atoms with E-state index in [1.54, 1.807) is 11.8 Å². The van der Waals surface area contributed by atoms with E-state index in [1.165, 1.54) is 16.0 Å². The van der Waals surface area contributed by atoms with Crippen LogP contribution in [0.1, 0.15) is 30.9 Å². The maximum Gasteiger partial charge on any atom is 0.0568 e. The van der Waals surface area contributed by atoms with Crippen molar-refractivity contribution in [3.63, 3.8) is 0 Å². The molecule has 0 fully saturated rings. The monoisotopic (exact) mass is 253 g/mol. The van der Waals surface area contributed by atoms with Crippen LogP contribution in [0, 0.1) is 13.8 Å². The van der Waals surface area contributed by atoms with Crippen molar-refractivity contribution in [2.75, 3.05) is 6.61 Å². The van der Waals surface area contributed by atoms with Gasteiger partial charge in [0.05, 0.1) is 6.61 Å². The average molecular weight is 253 g/mol. The summed E-state index contributed by atoms with van der Waals surface area (Å²) >= 11 is 1.70. The lowest BCUT2D eigenvalue weighted by Crippen LogP contribution is -2.34. The van der Waals surface area contributed by atoms with Gasteiger partial charge in [-0.3, -0.25) is 0 Å². The molecule has 17 heavy (non-hydrogen) atoms. The fourth-order valence-corrected chi connectivity index (χ4v) is 3.00. The van der Waals surface area contributed by atoms with Gasteiger partial charge < -0.3 is 10.8 Å². The molecule has 0 aliphatic heterocycles. The second-order valence-electron chi connectivity index (χ2n) is 4.56. The van der Waals surface area contributed by atoms with Gasteiger partial charge in [0.1, 0.15) is 0 Å². The van der Waals surface area contributed by atoms with E-state index < -0.39 is 0 Å². The molecule has 1 rings (SSSR count). The van der Waals surface area contributed by atoms with E-state index >= 15 is 0 Å². The first-order valence-corrected chi connectivity index (χ1v) is 7.06. The molecule has 0 saturated heterocycles. The van der Waals surface area contributed by atoms with Crippen LogP contribution in [-0.2, 0) is 0 Å². The lowest BCUT2D eigenvalue weighted by molar-refractivity contribution is 0.279. The maximum absolute atomic E-state index is 9.44. The van der Waals surface area contributed by atoms with E-state index in [0.29, 0.717) is 0 Å². The molecule has 0 bridgehead atoms. The Bertz CT molecular complexity index is 354. The molecule has 3 N–H and O–H groups in total. The van der Waals surface area contributed by atoms with Crippen LogP contribution >= 0.6 is 11.8 Å². The molecule has 0 radical (unpaired) electrons. The minimum atomic E-state index is 0.0647. The molecule has 0 aliphatic rings. The number of rotatable bonds is 6. The second-order valence-corrected chi connectivity index (χ2v) is 5.84. The predicted octanol–water partition coefficient (Wildman–Crippen LogP) is 2.88. The highest BCUT2D eigenvalue weighted by molar-refractivity contribution is 8.00. The SMILES string of the molecule is CCCC(N)C(CO)Sc1cc(C)ccc1C. The molecule has 1 aromatic carbocycles. The van der Waals surface area contributed by atoms with E-state index in [9.17, 15) is 5.11 Å². The number of aliphatic hydroxyl groups excluding tert-OH is 1. The molecule has 0 aliphatic carbocycles. The largest absolute Gasteiger partial charge is 0.395 e. The Kier molecular flexibility index (Phi) is 6.03. The van der Waals surface area contributed by atoms with E-state index in [2.05, 4.69) is 39.0 Å². The first-order chi connectivity index (χ1) is 8.08. The van der Waals surface area contributed by atoms with Gasteiger partial charge >= 0.3 is 0 Å². The van der Waals surface area contributed by atoms with Crippen LogP contribution in [0.3, 0.4) is 0 Å². The summed E-state index contributed by atoms with van der Waals surface area (Å²) in [5.41, 5.74) is 8.60. The lowest BCUT2D eigenvalue weighted by atomic mass is 10.1. The number of benzene rings is 1. The molecule has 0 spiro atoms. The summed E-state index contributed by atoms with van der Waals surface area (Å²) in [5.74, 6) is 0. The molecule has 2 atom stereocenters. The first-order valence-electron chi connectivity index (χ1n) is 6.18. The van der Waals surface area contributed by atoms with Crippen molar-refractivity contribution in [2.24, 2.45) is 5.73 Å². The molecular weight excluding hydrogens is 230 g/mol. The molecule has 0 heterocycles. The Balaban J connectivity index is 2.76. The summed E-state index contributed by atoms with van der Waals surface area (Å²) in [6.07, 6.45) is 2.02. The number of nitrogens with two attached hydrogens (primary N) is 1. The summed E-state index contributed by atoms with van der Waals surface area (Å²) in [6.45, 7) is 6.45.